The van der Waals surface area contributed by atoms with E-state index in [0.29, 0.717) is 10.8 Å². The first-order valence-electron chi connectivity index (χ1n) is 8.87. The van der Waals surface area contributed by atoms with Gasteiger partial charge in [0.25, 0.3) is 5.91 Å². The number of imide groups is 1. The number of nitrogens with zero attached hydrogens (tertiary/aromatic N) is 1. The van der Waals surface area contributed by atoms with Crippen LogP contribution in [0.25, 0.3) is 10.6 Å². The predicted octanol–water partition coefficient (Wildman–Crippen LogP) is 3.15. The second-order valence-electron chi connectivity index (χ2n) is 5.97. The first kappa shape index (κ1) is 20.3. The molecule has 0 fully saturated rings. The van der Waals surface area contributed by atoms with Gasteiger partial charge in [-0.25, -0.2) is 14.6 Å². The Morgan fingerprint density at radius 2 is 1.97 bits per heavy atom. The van der Waals surface area contributed by atoms with Gasteiger partial charge in [0.2, 0.25) is 0 Å². The lowest BCUT2D eigenvalue weighted by Gasteiger charge is -2.06. The molecule has 8 nitrogen and oxygen atoms in total. The van der Waals surface area contributed by atoms with Gasteiger partial charge in [0.05, 0.1) is 12.8 Å². The lowest BCUT2D eigenvalue weighted by atomic mass is 10.1. The van der Waals surface area contributed by atoms with E-state index in [1.54, 1.807) is 17.5 Å². The third-order valence-corrected chi connectivity index (χ3v) is 4.80. The van der Waals surface area contributed by atoms with Crippen molar-refractivity contribution in [3.05, 3.63) is 65.1 Å². The molecule has 150 valence electrons. The number of ether oxygens (including phenoxy) is 1. The van der Waals surface area contributed by atoms with Crippen LogP contribution in [0.5, 0.6) is 0 Å². The van der Waals surface area contributed by atoms with Crippen LogP contribution in [-0.4, -0.2) is 29.5 Å². The number of esters is 1. The van der Waals surface area contributed by atoms with E-state index in [2.05, 4.69) is 22.5 Å². The minimum atomic E-state index is -0.749. The Morgan fingerprint density at radius 1 is 1.17 bits per heavy atom. The van der Waals surface area contributed by atoms with Crippen LogP contribution in [0.4, 0.5) is 4.79 Å². The highest BCUT2D eigenvalue weighted by Gasteiger charge is 2.16. The molecule has 0 aliphatic heterocycles. The Bertz CT molecular complexity index is 980. The van der Waals surface area contributed by atoms with Crippen LogP contribution in [-0.2, 0) is 22.5 Å². The number of amides is 3. The molecule has 0 saturated carbocycles. The molecule has 0 bridgehead atoms. The predicted molar refractivity (Wildman–Crippen MR) is 106 cm³/mol. The summed E-state index contributed by atoms with van der Waals surface area (Å²) < 4.78 is 9.98. The normalized spacial score (nSPS) is 10.4. The lowest BCUT2D eigenvalue weighted by molar-refractivity contribution is -0.123. The van der Waals surface area contributed by atoms with Crippen molar-refractivity contribution in [1.29, 1.82) is 0 Å². The van der Waals surface area contributed by atoms with Gasteiger partial charge in [0.15, 0.2) is 12.3 Å². The number of carbonyl (C=O) groups excluding carboxylic acids is 3. The molecule has 3 rings (SSSR count). The third kappa shape index (κ3) is 5.76. The zero-order valence-corrected chi connectivity index (χ0v) is 16.5. The number of carbonyl (C=O) groups is 3. The Labute approximate surface area is 170 Å². The number of rotatable bonds is 7. The maximum Gasteiger partial charge on any atom is 0.358 e. The largest absolute Gasteiger partial charge is 0.467 e. The molecule has 3 aromatic rings. The number of thiazole rings is 1. The monoisotopic (exact) mass is 413 g/mol. The zero-order chi connectivity index (χ0) is 20.6. The molecule has 0 aliphatic carbocycles. The van der Waals surface area contributed by atoms with Crippen LogP contribution in [0.15, 0.2) is 52.5 Å². The van der Waals surface area contributed by atoms with Crippen molar-refractivity contribution in [3.8, 4) is 10.6 Å². The summed E-state index contributed by atoms with van der Waals surface area (Å²) in [5, 5.41) is 6.77. The van der Waals surface area contributed by atoms with Gasteiger partial charge in [-0.3, -0.25) is 10.1 Å². The number of aryl methyl sites for hydroxylation is 1. The van der Waals surface area contributed by atoms with Crippen molar-refractivity contribution in [2.24, 2.45) is 0 Å². The fourth-order valence-corrected chi connectivity index (χ4v) is 3.17. The second kappa shape index (κ2) is 9.65. The van der Waals surface area contributed by atoms with E-state index in [1.807, 2.05) is 24.3 Å². The van der Waals surface area contributed by atoms with Crippen LogP contribution in [0.2, 0.25) is 0 Å². The minimum Gasteiger partial charge on any atom is -0.467 e. The molecule has 0 saturated heterocycles. The topological polar surface area (TPSA) is 111 Å². The minimum absolute atomic E-state index is 0.111. The Kier molecular flexibility index (Phi) is 6.75. The number of aromatic nitrogens is 1. The number of urea groups is 1. The second-order valence-corrected chi connectivity index (χ2v) is 6.83. The van der Waals surface area contributed by atoms with Gasteiger partial charge in [0.1, 0.15) is 10.8 Å². The summed E-state index contributed by atoms with van der Waals surface area (Å²) in [5.74, 6) is -0.938. The van der Waals surface area contributed by atoms with Crippen molar-refractivity contribution in [2.75, 3.05) is 6.61 Å². The molecule has 29 heavy (non-hydrogen) atoms. The molecule has 2 heterocycles. The summed E-state index contributed by atoms with van der Waals surface area (Å²) >= 11 is 1.31. The fraction of sp³-hybridized carbons (Fsp3) is 0.200. The van der Waals surface area contributed by atoms with Crippen molar-refractivity contribution < 1.29 is 23.5 Å². The molecule has 0 unspecified atom stereocenters. The van der Waals surface area contributed by atoms with E-state index < -0.39 is 24.5 Å². The third-order valence-electron chi connectivity index (χ3n) is 3.91. The SMILES string of the molecule is CCc1ccc(-c2nc(C(=O)OCC(=O)NC(=O)NCc3ccco3)cs2)cc1. The number of hydrogen-bond acceptors (Lipinski definition) is 7. The van der Waals surface area contributed by atoms with Gasteiger partial charge in [-0.1, -0.05) is 31.2 Å². The highest BCUT2D eigenvalue weighted by molar-refractivity contribution is 7.13. The van der Waals surface area contributed by atoms with E-state index in [1.165, 1.54) is 23.2 Å². The van der Waals surface area contributed by atoms with Crippen LogP contribution in [0.1, 0.15) is 28.7 Å². The van der Waals surface area contributed by atoms with Gasteiger partial charge in [0, 0.05) is 10.9 Å². The zero-order valence-electron chi connectivity index (χ0n) is 15.6. The number of furan rings is 1. The molecule has 2 aromatic heterocycles. The maximum atomic E-state index is 12.1. The molecule has 0 spiro atoms. The molecular formula is C20H19N3O5S. The molecule has 1 aromatic carbocycles. The van der Waals surface area contributed by atoms with Gasteiger partial charge < -0.3 is 14.5 Å². The van der Waals surface area contributed by atoms with Crippen LogP contribution >= 0.6 is 11.3 Å². The van der Waals surface area contributed by atoms with Crippen molar-refractivity contribution in [3.63, 3.8) is 0 Å². The summed E-state index contributed by atoms with van der Waals surface area (Å²) in [6, 6.07) is 10.6. The average molecular weight is 413 g/mol. The standard InChI is InChI=1S/C20H19N3O5S/c1-2-13-5-7-14(8-6-13)18-22-16(12-29-18)19(25)28-11-17(24)23-20(26)21-10-15-4-3-9-27-15/h3-9,12H,2,10-11H2,1H3,(H2,21,23,24,26). The summed E-state index contributed by atoms with van der Waals surface area (Å²) in [7, 11) is 0. The van der Waals surface area contributed by atoms with Crippen molar-refractivity contribution >= 4 is 29.2 Å². The van der Waals surface area contributed by atoms with E-state index in [4.69, 9.17) is 9.15 Å². The van der Waals surface area contributed by atoms with E-state index in [9.17, 15) is 14.4 Å². The first-order valence-corrected chi connectivity index (χ1v) is 9.75. The maximum absolute atomic E-state index is 12.1. The average Bonchev–Trinajstić information content (AvgIpc) is 3.42. The summed E-state index contributed by atoms with van der Waals surface area (Å²) in [6.07, 6.45) is 2.42. The molecule has 9 heteroatoms. The van der Waals surface area contributed by atoms with Gasteiger partial charge in [-0.05, 0) is 24.1 Å². The van der Waals surface area contributed by atoms with Crippen molar-refractivity contribution in [2.45, 2.75) is 19.9 Å². The molecule has 3 amide bonds. The van der Waals surface area contributed by atoms with Crippen LogP contribution < -0.4 is 10.6 Å². The molecule has 2 N–H and O–H groups in total. The fourth-order valence-electron chi connectivity index (χ4n) is 2.38. The van der Waals surface area contributed by atoms with Crippen LogP contribution in [0, 0.1) is 0 Å². The van der Waals surface area contributed by atoms with Gasteiger partial charge in [-0.15, -0.1) is 11.3 Å². The molecule has 0 radical (unpaired) electrons. The number of benzene rings is 1. The summed E-state index contributed by atoms with van der Waals surface area (Å²) in [5.41, 5.74) is 2.22. The van der Waals surface area contributed by atoms with E-state index >= 15 is 0 Å². The van der Waals surface area contributed by atoms with E-state index in [-0.39, 0.29) is 12.2 Å². The lowest BCUT2D eigenvalue weighted by Crippen LogP contribution is -2.41. The summed E-state index contributed by atoms with van der Waals surface area (Å²) in [4.78, 5) is 39.7. The highest BCUT2D eigenvalue weighted by Crippen LogP contribution is 2.24. The first-order chi connectivity index (χ1) is 14.0. The van der Waals surface area contributed by atoms with Crippen LogP contribution in [0.3, 0.4) is 0 Å². The Balaban J connectivity index is 1.45. The molecule has 0 aliphatic rings. The van der Waals surface area contributed by atoms with Gasteiger partial charge >= 0.3 is 12.0 Å². The number of nitrogens with one attached hydrogen (secondary N) is 2. The van der Waals surface area contributed by atoms with Crippen molar-refractivity contribution in [1.82, 2.24) is 15.6 Å². The smallest absolute Gasteiger partial charge is 0.358 e. The van der Waals surface area contributed by atoms with E-state index in [0.717, 1.165) is 12.0 Å². The van der Waals surface area contributed by atoms with Gasteiger partial charge in [-0.2, -0.15) is 0 Å². The Morgan fingerprint density at radius 3 is 2.66 bits per heavy atom. The molecule has 0 atom stereocenters. The quantitative estimate of drug-likeness (QED) is 0.576. The molecular weight excluding hydrogens is 394 g/mol. The number of hydrogen-bond donors (Lipinski definition) is 2. The Hall–Kier alpha value is -3.46. The highest BCUT2D eigenvalue weighted by atomic mass is 32.1. The summed E-state index contributed by atoms with van der Waals surface area (Å²) in [6.45, 7) is 1.61.